The molecular formula is C24H24ClNO4. The van der Waals surface area contributed by atoms with Crippen molar-refractivity contribution in [3.63, 3.8) is 0 Å². The number of halogens is 1. The molecule has 0 spiro atoms. The SMILES string of the molecule is CCOC(=O)c1ccc(NCc2cccc(OC)c2OCc2ccc(Cl)cc2)cc1. The Morgan fingerprint density at radius 3 is 2.40 bits per heavy atom. The van der Waals surface area contributed by atoms with Gasteiger partial charge in [-0.1, -0.05) is 35.9 Å². The average Bonchev–Trinajstić information content (AvgIpc) is 2.78. The minimum absolute atomic E-state index is 0.324. The van der Waals surface area contributed by atoms with E-state index in [1.165, 1.54) is 0 Å². The van der Waals surface area contributed by atoms with Crippen LogP contribution in [0.25, 0.3) is 0 Å². The zero-order valence-corrected chi connectivity index (χ0v) is 17.7. The van der Waals surface area contributed by atoms with Crippen LogP contribution in [0.1, 0.15) is 28.4 Å². The summed E-state index contributed by atoms with van der Waals surface area (Å²) in [5, 5.41) is 4.04. The highest BCUT2D eigenvalue weighted by Gasteiger charge is 2.12. The third-order valence-corrected chi connectivity index (χ3v) is 4.71. The molecule has 5 nitrogen and oxygen atoms in total. The van der Waals surface area contributed by atoms with Crippen molar-refractivity contribution in [2.45, 2.75) is 20.1 Å². The highest BCUT2D eigenvalue weighted by molar-refractivity contribution is 6.30. The quantitative estimate of drug-likeness (QED) is 0.444. The van der Waals surface area contributed by atoms with Crippen molar-refractivity contribution in [3.8, 4) is 11.5 Å². The maximum absolute atomic E-state index is 11.8. The van der Waals surface area contributed by atoms with Crippen LogP contribution in [-0.4, -0.2) is 19.7 Å². The summed E-state index contributed by atoms with van der Waals surface area (Å²) in [6.45, 7) is 3.08. The fourth-order valence-corrected chi connectivity index (χ4v) is 3.02. The van der Waals surface area contributed by atoms with E-state index >= 15 is 0 Å². The summed E-state index contributed by atoms with van der Waals surface area (Å²) in [6.07, 6.45) is 0. The van der Waals surface area contributed by atoms with E-state index in [-0.39, 0.29) is 5.97 Å². The topological polar surface area (TPSA) is 56.8 Å². The van der Waals surface area contributed by atoms with Crippen molar-refractivity contribution in [2.24, 2.45) is 0 Å². The maximum Gasteiger partial charge on any atom is 0.338 e. The van der Waals surface area contributed by atoms with Crippen molar-refractivity contribution in [1.29, 1.82) is 0 Å². The van der Waals surface area contributed by atoms with E-state index < -0.39 is 0 Å². The first kappa shape index (κ1) is 21.5. The van der Waals surface area contributed by atoms with Gasteiger partial charge in [0.15, 0.2) is 11.5 Å². The summed E-state index contributed by atoms with van der Waals surface area (Å²) in [5.74, 6) is 1.03. The lowest BCUT2D eigenvalue weighted by Gasteiger charge is -2.16. The van der Waals surface area contributed by atoms with Crippen LogP contribution < -0.4 is 14.8 Å². The molecule has 0 amide bonds. The average molecular weight is 426 g/mol. The molecule has 3 rings (SSSR count). The molecule has 0 bridgehead atoms. The number of hydrogen-bond donors (Lipinski definition) is 1. The van der Waals surface area contributed by atoms with E-state index in [0.717, 1.165) is 16.8 Å². The Morgan fingerprint density at radius 2 is 1.73 bits per heavy atom. The van der Waals surface area contributed by atoms with E-state index in [4.69, 9.17) is 25.8 Å². The summed E-state index contributed by atoms with van der Waals surface area (Å²) in [4.78, 5) is 11.8. The molecule has 0 saturated carbocycles. The molecule has 6 heteroatoms. The van der Waals surface area contributed by atoms with Crippen molar-refractivity contribution in [1.82, 2.24) is 0 Å². The van der Waals surface area contributed by atoms with Gasteiger partial charge in [-0.15, -0.1) is 0 Å². The largest absolute Gasteiger partial charge is 0.493 e. The Labute approximate surface area is 181 Å². The van der Waals surface area contributed by atoms with Crippen LogP contribution in [0.3, 0.4) is 0 Å². The van der Waals surface area contributed by atoms with Crippen molar-refractivity contribution >= 4 is 23.3 Å². The number of anilines is 1. The van der Waals surface area contributed by atoms with E-state index in [0.29, 0.717) is 41.8 Å². The van der Waals surface area contributed by atoms with Crippen LogP contribution in [-0.2, 0) is 17.9 Å². The number of methoxy groups -OCH3 is 1. The number of carbonyl (C=O) groups is 1. The number of esters is 1. The number of benzene rings is 3. The maximum atomic E-state index is 11.8. The van der Waals surface area contributed by atoms with Crippen molar-refractivity contribution in [2.75, 3.05) is 19.0 Å². The van der Waals surface area contributed by atoms with Gasteiger partial charge in [0.1, 0.15) is 6.61 Å². The Bertz CT molecular complexity index is 972. The van der Waals surface area contributed by atoms with E-state index in [2.05, 4.69) is 5.32 Å². The summed E-state index contributed by atoms with van der Waals surface area (Å²) >= 11 is 5.95. The summed E-state index contributed by atoms with van der Waals surface area (Å²) < 4.78 is 16.6. The second-order valence-corrected chi connectivity index (χ2v) is 6.95. The smallest absolute Gasteiger partial charge is 0.338 e. The number of hydrogen-bond acceptors (Lipinski definition) is 5. The van der Waals surface area contributed by atoms with Gasteiger partial charge in [-0.05, 0) is 55.0 Å². The molecular weight excluding hydrogens is 402 g/mol. The Hall–Kier alpha value is -3.18. The number of rotatable bonds is 9. The van der Waals surface area contributed by atoms with E-state index in [9.17, 15) is 4.79 Å². The van der Waals surface area contributed by atoms with Gasteiger partial charge in [-0.3, -0.25) is 0 Å². The number of ether oxygens (including phenoxy) is 3. The fourth-order valence-electron chi connectivity index (χ4n) is 2.90. The van der Waals surface area contributed by atoms with Crippen LogP contribution in [0.4, 0.5) is 5.69 Å². The first-order valence-electron chi connectivity index (χ1n) is 9.65. The Kier molecular flexibility index (Phi) is 7.57. The predicted molar refractivity (Wildman–Crippen MR) is 119 cm³/mol. The minimum Gasteiger partial charge on any atom is -0.493 e. The normalized spacial score (nSPS) is 10.4. The monoisotopic (exact) mass is 425 g/mol. The minimum atomic E-state index is -0.324. The van der Waals surface area contributed by atoms with Gasteiger partial charge in [0.05, 0.1) is 19.3 Å². The third kappa shape index (κ3) is 5.67. The molecule has 0 aliphatic rings. The summed E-state index contributed by atoms with van der Waals surface area (Å²) in [7, 11) is 1.62. The van der Waals surface area contributed by atoms with Gasteiger partial charge in [-0.2, -0.15) is 0 Å². The van der Waals surface area contributed by atoms with Crippen LogP contribution in [0, 0.1) is 0 Å². The standard InChI is InChI=1S/C24H24ClNO4/c1-3-29-24(27)18-9-13-21(14-10-18)26-15-19-5-4-6-22(28-2)23(19)30-16-17-7-11-20(25)12-8-17/h4-14,26H,3,15-16H2,1-2H3. The predicted octanol–water partition coefficient (Wildman–Crippen LogP) is 5.72. The molecule has 0 aliphatic carbocycles. The number of nitrogens with one attached hydrogen (secondary N) is 1. The van der Waals surface area contributed by atoms with Crippen LogP contribution >= 0.6 is 11.6 Å². The summed E-state index contributed by atoms with van der Waals surface area (Å²) in [6, 6.07) is 20.5. The molecule has 3 aromatic carbocycles. The van der Waals surface area contributed by atoms with Gasteiger partial charge in [-0.25, -0.2) is 4.79 Å². The molecule has 0 atom stereocenters. The first-order chi connectivity index (χ1) is 14.6. The molecule has 0 unspecified atom stereocenters. The lowest BCUT2D eigenvalue weighted by Crippen LogP contribution is -2.06. The van der Waals surface area contributed by atoms with Crippen LogP contribution in [0.2, 0.25) is 5.02 Å². The molecule has 156 valence electrons. The third-order valence-electron chi connectivity index (χ3n) is 4.46. The van der Waals surface area contributed by atoms with Crippen molar-refractivity contribution < 1.29 is 19.0 Å². The molecule has 0 heterocycles. The summed E-state index contributed by atoms with van der Waals surface area (Å²) in [5.41, 5.74) is 3.38. The van der Waals surface area contributed by atoms with Gasteiger partial charge in [0.25, 0.3) is 0 Å². The molecule has 0 aromatic heterocycles. The second-order valence-electron chi connectivity index (χ2n) is 6.52. The molecule has 0 fully saturated rings. The zero-order chi connectivity index (χ0) is 21.3. The fraction of sp³-hybridized carbons (Fsp3) is 0.208. The lowest BCUT2D eigenvalue weighted by molar-refractivity contribution is 0.0526. The van der Waals surface area contributed by atoms with E-state index in [1.54, 1.807) is 26.2 Å². The number of para-hydroxylation sites is 1. The molecule has 3 aromatic rings. The first-order valence-corrected chi connectivity index (χ1v) is 10.0. The zero-order valence-electron chi connectivity index (χ0n) is 17.0. The van der Waals surface area contributed by atoms with Gasteiger partial charge >= 0.3 is 5.97 Å². The van der Waals surface area contributed by atoms with Gasteiger partial charge in [0.2, 0.25) is 0 Å². The van der Waals surface area contributed by atoms with Crippen LogP contribution in [0.5, 0.6) is 11.5 Å². The molecule has 1 N–H and O–H groups in total. The second kappa shape index (κ2) is 10.6. The molecule has 0 aliphatic heterocycles. The number of carbonyl (C=O) groups excluding carboxylic acids is 1. The Morgan fingerprint density at radius 1 is 1.00 bits per heavy atom. The highest BCUT2D eigenvalue weighted by atomic mass is 35.5. The van der Waals surface area contributed by atoms with Crippen LogP contribution in [0.15, 0.2) is 66.7 Å². The highest BCUT2D eigenvalue weighted by Crippen LogP contribution is 2.32. The van der Waals surface area contributed by atoms with E-state index in [1.807, 2.05) is 54.6 Å². The van der Waals surface area contributed by atoms with Gasteiger partial charge in [0, 0.05) is 22.8 Å². The van der Waals surface area contributed by atoms with Gasteiger partial charge < -0.3 is 19.5 Å². The molecule has 0 radical (unpaired) electrons. The Balaban J connectivity index is 1.69. The molecule has 30 heavy (non-hydrogen) atoms. The van der Waals surface area contributed by atoms with Crippen molar-refractivity contribution in [3.05, 3.63) is 88.4 Å². The lowest BCUT2D eigenvalue weighted by atomic mass is 10.1. The molecule has 0 saturated heterocycles.